The van der Waals surface area contributed by atoms with Gasteiger partial charge in [-0.3, -0.25) is 4.79 Å². The van der Waals surface area contributed by atoms with Crippen LogP contribution in [-0.4, -0.2) is 23.7 Å². The second kappa shape index (κ2) is 8.35. The fourth-order valence-electron chi connectivity index (χ4n) is 4.12. The average Bonchev–Trinajstić information content (AvgIpc) is 2.97. The van der Waals surface area contributed by atoms with E-state index in [1.807, 2.05) is 6.92 Å². The Morgan fingerprint density at radius 1 is 1.12 bits per heavy atom. The van der Waals surface area contributed by atoms with Gasteiger partial charge in [0, 0.05) is 24.2 Å². The third kappa shape index (κ3) is 4.24. The lowest BCUT2D eigenvalue weighted by Gasteiger charge is -2.33. The van der Waals surface area contributed by atoms with Crippen LogP contribution in [0.3, 0.4) is 0 Å². The zero-order chi connectivity index (χ0) is 18.5. The number of halogens is 1. The molecule has 0 bridgehead atoms. The highest BCUT2D eigenvalue weighted by Crippen LogP contribution is 2.47. The van der Waals surface area contributed by atoms with Crippen LogP contribution in [0.1, 0.15) is 49.1 Å². The van der Waals surface area contributed by atoms with Crippen LogP contribution < -0.4 is 4.90 Å². The third-order valence-electron chi connectivity index (χ3n) is 5.35. The van der Waals surface area contributed by atoms with E-state index in [9.17, 15) is 9.18 Å². The molecule has 1 N–H and O–H groups in total. The molecule has 0 spiro atoms. The topological polar surface area (TPSA) is 40.5 Å². The van der Waals surface area contributed by atoms with Gasteiger partial charge in [0.15, 0.2) is 0 Å². The first-order chi connectivity index (χ1) is 12.6. The maximum atomic E-state index is 12.1. The Morgan fingerprint density at radius 3 is 2.50 bits per heavy atom. The standard InChI is InChI=1S/C15H19NO2.C7H7F/c17-15(18)9-10-16-13-7-3-1-5-11(13)12-6-2-4-8-14(12)16;1-6-2-4-7(8)5-3-6/h1,3,5,7,12,14H,2,4,6,8-10H2,(H,17,18);2-5H,1H3. The number of carbonyl (C=O) groups is 1. The van der Waals surface area contributed by atoms with E-state index in [0.717, 1.165) is 5.56 Å². The molecule has 1 saturated carbocycles. The van der Waals surface area contributed by atoms with Gasteiger partial charge < -0.3 is 10.0 Å². The van der Waals surface area contributed by atoms with Crippen LogP contribution >= 0.6 is 0 Å². The van der Waals surface area contributed by atoms with Crippen LogP contribution in [-0.2, 0) is 4.79 Å². The van der Waals surface area contributed by atoms with Crippen molar-refractivity contribution in [1.82, 2.24) is 0 Å². The Hall–Kier alpha value is -2.36. The van der Waals surface area contributed by atoms with Gasteiger partial charge in [-0.1, -0.05) is 48.7 Å². The number of hydrogen-bond acceptors (Lipinski definition) is 2. The molecule has 1 aliphatic carbocycles. The van der Waals surface area contributed by atoms with Crippen molar-refractivity contribution in [3.8, 4) is 0 Å². The number of carboxylic acid groups (broad SMARTS) is 1. The second-order valence-corrected chi connectivity index (χ2v) is 7.15. The third-order valence-corrected chi connectivity index (χ3v) is 5.35. The van der Waals surface area contributed by atoms with E-state index in [1.54, 1.807) is 12.1 Å². The molecule has 2 aliphatic rings. The van der Waals surface area contributed by atoms with E-state index in [-0.39, 0.29) is 12.2 Å². The molecule has 2 unspecified atom stereocenters. The number of aliphatic carboxylic acids is 1. The Kier molecular flexibility index (Phi) is 5.92. The second-order valence-electron chi connectivity index (χ2n) is 7.15. The zero-order valence-electron chi connectivity index (χ0n) is 15.2. The minimum absolute atomic E-state index is 0.171. The molecular formula is C22H26FNO2. The molecule has 2 aromatic carbocycles. The van der Waals surface area contributed by atoms with Crippen molar-refractivity contribution in [2.24, 2.45) is 0 Å². The molecule has 0 aromatic heterocycles. The average molecular weight is 355 g/mol. The van der Waals surface area contributed by atoms with Crippen molar-refractivity contribution in [2.75, 3.05) is 11.4 Å². The van der Waals surface area contributed by atoms with E-state index in [2.05, 4.69) is 29.2 Å². The number of para-hydroxylation sites is 1. The van der Waals surface area contributed by atoms with E-state index in [0.29, 0.717) is 18.5 Å². The molecule has 0 radical (unpaired) electrons. The summed E-state index contributed by atoms with van der Waals surface area (Å²) in [6.45, 7) is 2.58. The molecule has 3 nitrogen and oxygen atoms in total. The number of rotatable bonds is 3. The highest BCUT2D eigenvalue weighted by Gasteiger charge is 2.39. The van der Waals surface area contributed by atoms with Crippen LogP contribution in [0.5, 0.6) is 0 Å². The van der Waals surface area contributed by atoms with E-state index < -0.39 is 5.97 Å². The van der Waals surface area contributed by atoms with Gasteiger partial charge in [0.25, 0.3) is 0 Å². The van der Waals surface area contributed by atoms with Crippen molar-refractivity contribution in [3.05, 3.63) is 65.5 Å². The van der Waals surface area contributed by atoms with Gasteiger partial charge in [-0.05, 0) is 43.5 Å². The molecule has 138 valence electrons. The van der Waals surface area contributed by atoms with Gasteiger partial charge in [0.1, 0.15) is 5.82 Å². The number of anilines is 1. The molecule has 4 heteroatoms. The van der Waals surface area contributed by atoms with Crippen LogP contribution in [0.25, 0.3) is 0 Å². The number of fused-ring (bicyclic) bond motifs is 3. The molecule has 0 saturated heterocycles. The maximum absolute atomic E-state index is 12.1. The first-order valence-electron chi connectivity index (χ1n) is 9.36. The first-order valence-corrected chi connectivity index (χ1v) is 9.36. The highest BCUT2D eigenvalue weighted by molar-refractivity contribution is 5.69. The Balaban J connectivity index is 0.000000206. The van der Waals surface area contributed by atoms with Crippen LogP contribution in [0, 0.1) is 12.7 Å². The van der Waals surface area contributed by atoms with Gasteiger partial charge in [-0.2, -0.15) is 0 Å². The fraction of sp³-hybridized carbons (Fsp3) is 0.409. The predicted octanol–water partition coefficient (Wildman–Crippen LogP) is 5.14. The first kappa shape index (κ1) is 18.4. The van der Waals surface area contributed by atoms with Crippen molar-refractivity contribution in [1.29, 1.82) is 0 Å². The summed E-state index contributed by atoms with van der Waals surface area (Å²) < 4.78 is 12.1. The number of nitrogens with zero attached hydrogens (tertiary/aromatic N) is 1. The minimum Gasteiger partial charge on any atom is -0.481 e. The predicted molar refractivity (Wildman–Crippen MR) is 102 cm³/mol. The Morgan fingerprint density at radius 2 is 1.81 bits per heavy atom. The smallest absolute Gasteiger partial charge is 0.305 e. The van der Waals surface area contributed by atoms with Gasteiger partial charge in [-0.15, -0.1) is 0 Å². The monoisotopic (exact) mass is 355 g/mol. The van der Waals surface area contributed by atoms with E-state index in [1.165, 1.54) is 49.1 Å². The lowest BCUT2D eigenvalue weighted by molar-refractivity contribution is -0.136. The van der Waals surface area contributed by atoms with Crippen LogP contribution in [0.2, 0.25) is 0 Å². The molecule has 0 amide bonds. The van der Waals surface area contributed by atoms with E-state index >= 15 is 0 Å². The molecular weight excluding hydrogens is 329 g/mol. The van der Waals surface area contributed by atoms with Gasteiger partial charge >= 0.3 is 5.97 Å². The highest BCUT2D eigenvalue weighted by atomic mass is 19.1. The van der Waals surface area contributed by atoms with Crippen molar-refractivity contribution in [3.63, 3.8) is 0 Å². The summed E-state index contributed by atoms with van der Waals surface area (Å²) in [5.74, 6) is -0.244. The Labute approximate surface area is 154 Å². The normalized spacial score (nSPS) is 20.6. The molecule has 1 aliphatic heterocycles. The molecule has 26 heavy (non-hydrogen) atoms. The maximum Gasteiger partial charge on any atom is 0.305 e. The van der Waals surface area contributed by atoms with Crippen molar-refractivity contribution in [2.45, 2.75) is 51.0 Å². The molecule has 1 fully saturated rings. The molecule has 2 aromatic rings. The summed E-state index contributed by atoms with van der Waals surface area (Å²) in [5, 5.41) is 8.89. The van der Waals surface area contributed by atoms with Gasteiger partial charge in [-0.25, -0.2) is 4.39 Å². The lowest BCUT2D eigenvalue weighted by atomic mass is 9.82. The Bertz CT molecular complexity index is 723. The number of aryl methyl sites for hydroxylation is 1. The van der Waals surface area contributed by atoms with Crippen LogP contribution in [0.4, 0.5) is 10.1 Å². The molecule has 1 heterocycles. The zero-order valence-corrected chi connectivity index (χ0v) is 15.2. The summed E-state index contributed by atoms with van der Waals surface area (Å²) in [7, 11) is 0. The van der Waals surface area contributed by atoms with Gasteiger partial charge in [0.2, 0.25) is 0 Å². The minimum atomic E-state index is -0.702. The molecule has 2 atom stereocenters. The van der Waals surface area contributed by atoms with Crippen molar-refractivity contribution < 1.29 is 14.3 Å². The lowest BCUT2D eigenvalue weighted by Crippen LogP contribution is -2.37. The fourth-order valence-corrected chi connectivity index (χ4v) is 4.12. The summed E-state index contributed by atoms with van der Waals surface area (Å²) in [4.78, 5) is 13.1. The van der Waals surface area contributed by atoms with E-state index in [4.69, 9.17) is 5.11 Å². The SMILES string of the molecule is Cc1ccc(F)cc1.O=C(O)CCN1c2ccccc2C2CCCCC21. The number of carboxylic acids is 1. The molecule has 4 rings (SSSR count). The largest absolute Gasteiger partial charge is 0.481 e. The number of benzene rings is 2. The summed E-state index contributed by atoms with van der Waals surface area (Å²) in [6, 6.07) is 15.5. The number of hydrogen-bond donors (Lipinski definition) is 1. The quantitative estimate of drug-likeness (QED) is 0.828. The summed E-state index contributed by atoms with van der Waals surface area (Å²) >= 11 is 0. The summed E-state index contributed by atoms with van der Waals surface area (Å²) in [5.41, 5.74) is 3.80. The van der Waals surface area contributed by atoms with Crippen LogP contribution in [0.15, 0.2) is 48.5 Å². The van der Waals surface area contributed by atoms with Gasteiger partial charge in [0.05, 0.1) is 6.42 Å². The van der Waals surface area contributed by atoms with Crippen molar-refractivity contribution >= 4 is 11.7 Å². The summed E-state index contributed by atoms with van der Waals surface area (Å²) in [6.07, 6.45) is 5.28.